The number of halogens is 1. The molecule has 3 aromatic heterocycles. The predicted molar refractivity (Wildman–Crippen MR) is 118 cm³/mol. The van der Waals surface area contributed by atoms with Crippen molar-refractivity contribution in [3.63, 3.8) is 0 Å². The molecule has 0 spiro atoms. The molecule has 4 aromatic rings. The van der Waals surface area contributed by atoms with E-state index in [1.165, 1.54) is 23.4 Å². The zero-order valence-corrected chi connectivity index (χ0v) is 17.6. The van der Waals surface area contributed by atoms with Crippen LogP contribution in [0.15, 0.2) is 55.1 Å². The lowest BCUT2D eigenvalue weighted by molar-refractivity contribution is 0.622. The van der Waals surface area contributed by atoms with Gasteiger partial charge in [-0.25, -0.2) is 14.4 Å². The smallest absolute Gasteiger partial charge is 0.180 e. The summed E-state index contributed by atoms with van der Waals surface area (Å²) in [6, 6.07) is 9.99. The fourth-order valence-corrected chi connectivity index (χ4v) is 3.47. The van der Waals surface area contributed by atoms with Crippen LogP contribution in [0.4, 0.5) is 10.2 Å². The van der Waals surface area contributed by atoms with Gasteiger partial charge in [0.2, 0.25) is 0 Å². The number of benzene rings is 1. The van der Waals surface area contributed by atoms with Crippen molar-refractivity contribution in [3.8, 4) is 11.3 Å². The summed E-state index contributed by atoms with van der Waals surface area (Å²) in [5, 5.41) is 3.44. The van der Waals surface area contributed by atoms with Gasteiger partial charge in [-0.15, -0.1) is 0 Å². The van der Waals surface area contributed by atoms with Gasteiger partial charge in [0.25, 0.3) is 0 Å². The Kier molecular flexibility index (Phi) is 5.74. The van der Waals surface area contributed by atoms with Gasteiger partial charge in [0.1, 0.15) is 5.82 Å². The molecule has 5 nitrogen and oxygen atoms in total. The molecule has 0 bridgehead atoms. The molecule has 154 valence electrons. The van der Waals surface area contributed by atoms with E-state index >= 15 is 0 Å². The van der Waals surface area contributed by atoms with Crippen molar-refractivity contribution in [1.82, 2.24) is 19.4 Å². The number of hydrogen-bond acceptors (Lipinski definition) is 4. The molecule has 1 atom stereocenters. The third-order valence-electron chi connectivity index (χ3n) is 5.47. The second kappa shape index (κ2) is 8.61. The number of anilines is 1. The first-order chi connectivity index (χ1) is 14.5. The van der Waals surface area contributed by atoms with Crippen LogP contribution in [0.2, 0.25) is 0 Å². The molecule has 1 aromatic carbocycles. The van der Waals surface area contributed by atoms with E-state index in [0.717, 1.165) is 30.7 Å². The van der Waals surface area contributed by atoms with Crippen molar-refractivity contribution in [3.05, 3.63) is 77.8 Å². The second-order valence-electron chi connectivity index (χ2n) is 7.71. The Morgan fingerprint density at radius 3 is 2.67 bits per heavy atom. The number of pyridine rings is 1. The maximum Gasteiger partial charge on any atom is 0.180 e. The fourth-order valence-electron chi connectivity index (χ4n) is 3.47. The lowest BCUT2D eigenvalue weighted by Crippen LogP contribution is -2.10. The Morgan fingerprint density at radius 2 is 1.93 bits per heavy atom. The molecule has 3 heterocycles. The highest BCUT2D eigenvalue weighted by Gasteiger charge is 2.16. The molecule has 4 rings (SSSR count). The van der Waals surface area contributed by atoms with Crippen LogP contribution in [0.1, 0.15) is 43.0 Å². The molecule has 30 heavy (non-hydrogen) atoms. The van der Waals surface area contributed by atoms with Crippen LogP contribution >= 0.6 is 0 Å². The number of nitrogens with zero attached hydrogens (tertiary/aromatic N) is 4. The van der Waals surface area contributed by atoms with Gasteiger partial charge in [-0.2, -0.15) is 0 Å². The molecule has 0 fully saturated rings. The van der Waals surface area contributed by atoms with Crippen molar-refractivity contribution in [2.45, 2.75) is 39.5 Å². The summed E-state index contributed by atoms with van der Waals surface area (Å²) in [4.78, 5) is 13.4. The van der Waals surface area contributed by atoms with Crippen molar-refractivity contribution in [2.75, 3.05) is 11.9 Å². The average molecular weight is 404 g/mol. The van der Waals surface area contributed by atoms with Gasteiger partial charge in [-0.05, 0) is 37.3 Å². The van der Waals surface area contributed by atoms with Gasteiger partial charge in [-0.3, -0.25) is 9.38 Å². The molecule has 1 N–H and O–H groups in total. The molecule has 0 aliphatic carbocycles. The standard InChI is InChI=1S/C24H26FN5/c1-4-17(3)22-14-28-24-23(27-10-9-18-7-5-16(2)6-8-18)29-21(15-30(22)24)19-11-20(25)13-26-12-19/h5-8,11-15,17H,4,9-10H2,1-3H3,(H,27,29). The number of aromatic nitrogens is 4. The van der Waals surface area contributed by atoms with E-state index in [2.05, 4.69) is 64.7 Å². The fraction of sp³-hybridized carbons (Fsp3) is 0.292. The molecule has 0 aliphatic heterocycles. The van der Waals surface area contributed by atoms with Gasteiger partial charge in [0, 0.05) is 36.4 Å². The van der Waals surface area contributed by atoms with Crippen LogP contribution in [0.3, 0.4) is 0 Å². The van der Waals surface area contributed by atoms with E-state index in [4.69, 9.17) is 4.98 Å². The van der Waals surface area contributed by atoms with E-state index in [9.17, 15) is 4.39 Å². The third kappa shape index (κ3) is 4.17. The lowest BCUT2D eigenvalue weighted by Gasteiger charge is -2.13. The van der Waals surface area contributed by atoms with E-state index in [1.54, 1.807) is 6.20 Å². The zero-order chi connectivity index (χ0) is 21.1. The van der Waals surface area contributed by atoms with Crippen LogP contribution in [-0.2, 0) is 6.42 Å². The predicted octanol–water partition coefficient (Wildman–Crippen LogP) is 5.41. The highest BCUT2D eigenvalue weighted by Crippen LogP contribution is 2.27. The highest BCUT2D eigenvalue weighted by atomic mass is 19.1. The summed E-state index contributed by atoms with van der Waals surface area (Å²) in [6.45, 7) is 7.14. The topological polar surface area (TPSA) is 55.1 Å². The highest BCUT2D eigenvalue weighted by molar-refractivity contribution is 5.69. The minimum absolute atomic E-state index is 0.348. The molecule has 6 heteroatoms. The quantitative estimate of drug-likeness (QED) is 0.448. The first-order valence-electron chi connectivity index (χ1n) is 10.3. The van der Waals surface area contributed by atoms with Gasteiger partial charge in [-0.1, -0.05) is 43.7 Å². The Labute approximate surface area is 176 Å². The van der Waals surface area contributed by atoms with Crippen LogP contribution < -0.4 is 5.32 Å². The van der Waals surface area contributed by atoms with Crippen LogP contribution in [0, 0.1) is 12.7 Å². The van der Waals surface area contributed by atoms with E-state index < -0.39 is 0 Å². The molecule has 0 saturated heterocycles. The van der Waals surface area contributed by atoms with Crippen molar-refractivity contribution in [1.29, 1.82) is 0 Å². The first kappa shape index (κ1) is 20.0. The Balaban J connectivity index is 1.69. The SMILES string of the molecule is CCC(C)c1cnc2c(NCCc3ccc(C)cc3)nc(-c3cncc(F)c3)cn12. The van der Waals surface area contributed by atoms with Crippen molar-refractivity contribution >= 4 is 11.5 Å². The Hall–Kier alpha value is -3.28. The number of nitrogens with one attached hydrogen (secondary N) is 1. The Bertz CT molecular complexity index is 1150. The maximum absolute atomic E-state index is 13.8. The van der Waals surface area contributed by atoms with Gasteiger partial charge >= 0.3 is 0 Å². The Morgan fingerprint density at radius 1 is 1.13 bits per heavy atom. The number of rotatable bonds is 7. The number of hydrogen-bond donors (Lipinski definition) is 1. The molecule has 0 aliphatic rings. The van der Waals surface area contributed by atoms with E-state index in [1.807, 2.05) is 12.4 Å². The number of imidazole rings is 1. The minimum Gasteiger partial charge on any atom is -0.367 e. The molecule has 0 radical (unpaired) electrons. The van der Waals surface area contributed by atoms with E-state index in [-0.39, 0.29) is 5.82 Å². The van der Waals surface area contributed by atoms with Crippen molar-refractivity contribution in [2.24, 2.45) is 0 Å². The normalized spacial score (nSPS) is 12.3. The molecule has 0 saturated carbocycles. The molecule has 1 unspecified atom stereocenters. The summed E-state index contributed by atoms with van der Waals surface area (Å²) >= 11 is 0. The summed E-state index contributed by atoms with van der Waals surface area (Å²) in [6.07, 6.45) is 8.54. The zero-order valence-electron chi connectivity index (χ0n) is 17.6. The van der Waals surface area contributed by atoms with E-state index in [0.29, 0.717) is 23.0 Å². The lowest BCUT2D eigenvalue weighted by atomic mass is 10.1. The van der Waals surface area contributed by atoms with Crippen molar-refractivity contribution < 1.29 is 4.39 Å². The van der Waals surface area contributed by atoms with Gasteiger partial charge < -0.3 is 5.32 Å². The van der Waals surface area contributed by atoms with Crippen LogP contribution in [0.5, 0.6) is 0 Å². The first-order valence-corrected chi connectivity index (χ1v) is 10.3. The van der Waals surface area contributed by atoms with Crippen LogP contribution in [-0.4, -0.2) is 25.9 Å². The number of aryl methyl sites for hydroxylation is 1. The molecular formula is C24H26FN5. The summed E-state index contributed by atoms with van der Waals surface area (Å²) < 4.78 is 15.8. The van der Waals surface area contributed by atoms with Gasteiger partial charge in [0.05, 0.1) is 11.9 Å². The summed E-state index contributed by atoms with van der Waals surface area (Å²) in [5.74, 6) is 0.663. The monoisotopic (exact) mass is 403 g/mol. The molecule has 0 amide bonds. The summed E-state index contributed by atoms with van der Waals surface area (Å²) in [5.41, 5.74) is 5.71. The average Bonchev–Trinajstić information content (AvgIpc) is 3.19. The number of fused-ring (bicyclic) bond motifs is 1. The molecular weight excluding hydrogens is 377 g/mol. The summed E-state index contributed by atoms with van der Waals surface area (Å²) in [7, 11) is 0. The van der Waals surface area contributed by atoms with Crippen LogP contribution in [0.25, 0.3) is 16.9 Å². The third-order valence-corrected chi connectivity index (χ3v) is 5.47. The maximum atomic E-state index is 13.8. The second-order valence-corrected chi connectivity index (χ2v) is 7.71. The minimum atomic E-state index is -0.379. The van der Waals surface area contributed by atoms with Gasteiger partial charge in [0.15, 0.2) is 11.5 Å². The largest absolute Gasteiger partial charge is 0.367 e.